The molecule has 3 aromatic carbocycles. The van der Waals surface area contributed by atoms with E-state index in [-0.39, 0.29) is 17.3 Å². The van der Waals surface area contributed by atoms with Crippen molar-refractivity contribution in [1.82, 2.24) is 5.32 Å². The van der Waals surface area contributed by atoms with Gasteiger partial charge in [-0.3, -0.25) is 9.10 Å². The number of sulfonamides is 1. The molecule has 0 spiro atoms. The van der Waals surface area contributed by atoms with Crippen LogP contribution in [0.4, 0.5) is 5.69 Å². The molecular weight excluding hydrogens is 544 g/mol. The highest BCUT2D eigenvalue weighted by molar-refractivity contribution is 9.10. The van der Waals surface area contributed by atoms with Crippen molar-refractivity contribution in [3.05, 3.63) is 93.4 Å². The van der Waals surface area contributed by atoms with E-state index in [1.807, 2.05) is 31.2 Å². The molecule has 33 heavy (non-hydrogen) atoms. The van der Waals surface area contributed by atoms with Gasteiger partial charge in [-0.25, -0.2) is 8.42 Å². The van der Waals surface area contributed by atoms with Crippen molar-refractivity contribution >= 4 is 60.9 Å². The second kappa shape index (κ2) is 11.9. The number of amides is 1. The average Bonchev–Trinajstić information content (AvgIpc) is 2.78. The number of aryl methyl sites for hydroxylation is 1. The van der Waals surface area contributed by atoms with Crippen LogP contribution in [0.2, 0.25) is 5.02 Å². The monoisotopic (exact) mass is 566 g/mol. The molecule has 0 unspecified atom stereocenters. The molecule has 9 heteroatoms. The van der Waals surface area contributed by atoms with Gasteiger partial charge >= 0.3 is 0 Å². The molecule has 0 aliphatic heterocycles. The summed E-state index contributed by atoms with van der Waals surface area (Å²) in [6.45, 7) is 2.02. The molecular formula is C24H24BrClN2O3S2. The summed E-state index contributed by atoms with van der Waals surface area (Å²) in [4.78, 5) is 12.8. The van der Waals surface area contributed by atoms with Crippen molar-refractivity contribution in [3.8, 4) is 0 Å². The number of hydrogen-bond donors (Lipinski definition) is 1. The smallest absolute Gasteiger partial charge is 0.264 e. The van der Waals surface area contributed by atoms with Crippen LogP contribution in [-0.4, -0.2) is 33.2 Å². The molecule has 3 aromatic rings. The number of anilines is 1. The standard InChI is InChI=1S/C24H24BrClN2O3S2/c1-18-5-11-23(12-6-18)33(30,31)28(22-4-2-3-20(25)15-22)16-24(29)27-13-14-32-17-19-7-9-21(26)10-8-19/h2-12,15H,13-14,16-17H2,1H3,(H,27,29). The molecule has 1 amide bonds. The summed E-state index contributed by atoms with van der Waals surface area (Å²) in [5.74, 6) is 1.15. The number of nitrogens with one attached hydrogen (secondary N) is 1. The van der Waals surface area contributed by atoms with Crippen molar-refractivity contribution in [2.24, 2.45) is 0 Å². The van der Waals surface area contributed by atoms with Crippen molar-refractivity contribution in [1.29, 1.82) is 0 Å². The minimum absolute atomic E-state index is 0.138. The number of hydrogen-bond acceptors (Lipinski definition) is 4. The van der Waals surface area contributed by atoms with Crippen molar-refractivity contribution < 1.29 is 13.2 Å². The predicted molar refractivity (Wildman–Crippen MR) is 140 cm³/mol. The molecule has 5 nitrogen and oxygen atoms in total. The van der Waals surface area contributed by atoms with Gasteiger partial charge in [0.25, 0.3) is 10.0 Å². The quantitative estimate of drug-likeness (QED) is 0.321. The number of nitrogens with zero attached hydrogens (tertiary/aromatic N) is 1. The molecule has 0 heterocycles. The highest BCUT2D eigenvalue weighted by Crippen LogP contribution is 2.26. The van der Waals surface area contributed by atoms with E-state index in [2.05, 4.69) is 21.2 Å². The van der Waals surface area contributed by atoms with Crippen LogP contribution in [0.5, 0.6) is 0 Å². The number of rotatable bonds is 10. The van der Waals surface area contributed by atoms with Gasteiger partial charge in [0.1, 0.15) is 6.54 Å². The first-order valence-corrected chi connectivity index (χ1v) is 14.0. The van der Waals surface area contributed by atoms with E-state index < -0.39 is 10.0 Å². The second-order valence-electron chi connectivity index (χ2n) is 7.33. The van der Waals surface area contributed by atoms with Crippen molar-refractivity contribution in [2.45, 2.75) is 17.6 Å². The summed E-state index contributed by atoms with van der Waals surface area (Å²) in [6, 6.07) is 21.1. The Labute approximate surface area is 212 Å². The van der Waals surface area contributed by atoms with Crippen LogP contribution in [-0.2, 0) is 20.6 Å². The zero-order valence-corrected chi connectivity index (χ0v) is 22.0. The van der Waals surface area contributed by atoms with Crippen LogP contribution in [0, 0.1) is 6.92 Å². The van der Waals surface area contributed by atoms with E-state index in [4.69, 9.17) is 11.6 Å². The van der Waals surface area contributed by atoms with E-state index in [9.17, 15) is 13.2 Å². The van der Waals surface area contributed by atoms with Gasteiger partial charge in [-0.15, -0.1) is 0 Å². The topological polar surface area (TPSA) is 66.5 Å². The molecule has 0 saturated carbocycles. The first-order chi connectivity index (χ1) is 15.8. The first-order valence-electron chi connectivity index (χ1n) is 10.2. The van der Waals surface area contributed by atoms with Crippen LogP contribution < -0.4 is 9.62 Å². The minimum atomic E-state index is -3.92. The van der Waals surface area contributed by atoms with Gasteiger partial charge in [-0.05, 0) is 55.0 Å². The molecule has 0 aromatic heterocycles. The highest BCUT2D eigenvalue weighted by Gasteiger charge is 2.27. The SMILES string of the molecule is Cc1ccc(S(=O)(=O)N(CC(=O)NCCSCc2ccc(Cl)cc2)c2cccc(Br)c2)cc1. The molecule has 174 valence electrons. The maximum absolute atomic E-state index is 13.4. The lowest BCUT2D eigenvalue weighted by molar-refractivity contribution is -0.119. The van der Waals surface area contributed by atoms with Gasteiger partial charge in [-0.1, -0.05) is 63.4 Å². The lowest BCUT2D eigenvalue weighted by Crippen LogP contribution is -2.41. The Morgan fingerprint density at radius 1 is 1.06 bits per heavy atom. The first kappa shape index (κ1) is 25.6. The van der Waals surface area contributed by atoms with Gasteiger partial charge in [-0.2, -0.15) is 11.8 Å². The Morgan fingerprint density at radius 3 is 2.42 bits per heavy atom. The Hall–Kier alpha value is -2.00. The number of halogens is 2. The van der Waals surface area contributed by atoms with Crippen LogP contribution >= 0.6 is 39.3 Å². The van der Waals surface area contributed by atoms with E-state index in [1.54, 1.807) is 60.3 Å². The maximum atomic E-state index is 13.4. The van der Waals surface area contributed by atoms with Crippen LogP contribution in [0.1, 0.15) is 11.1 Å². The normalized spacial score (nSPS) is 11.2. The molecule has 0 saturated heterocycles. The van der Waals surface area contributed by atoms with E-state index in [0.717, 1.165) is 25.7 Å². The van der Waals surface area contributed by atoms with Crippen LogP contribution in [0.3, 0.4) is 0 Å². The summed E-state index contributed by atoms with van der Waals surface area (Å²) < 4.78 is 28.6. The fourth-order valence-corrected chi connectivity index (χ4v) is 5.75. The third-order valence-corrected chi connectivity index (χ3v) is 8.31. The molecule has 0 radical (unpaired) electrons. The summed E-state index contributed by atoms with van der Waals surface area (Å²) in [6.07, 6.45) is 0. The number of carbonyl (C=O) groups is 1. The fraction of sp³-hybridized carbons (Fsp3) is 0.208. The van der Waals surface area contributed by atoms with Crippen LogP contribution in [0.25, 0.3) is 0 Å². The fourth-order valence-electron chi connectivity index (χ4n) is 3.00. The van der Waals surface area contributed by atoms with E-state index in [1.165, 1.54) is 0 Å². The highest BCUT2D eigenvalue weighted by atomic mass is 79.9. The average molecular weight is 568 g/mol. The molecule has 0 atom stereocenters. The number of benzene rings is 3. The molecule has 0 aliphatic rings. The van der Waals surface area contributed by atoms with Crippen molar-refractivity contribution in [3.63, 3.8) is 0 Å². The van der Waals surface area contributed by atoms with Gasteiger partial charge in [0.15, 0.2) is 0 Å². The zero-order chi connectivity index (χ0) is 23.8. The summed E-state index contributed by atoms with van der Waals surface area (Å²) in [5.41, 5.74) is 2.52. The second-order valence-corrected chi connectivity index (χ2v) is 11.7. The van der Waals surface area contributed by atoms with E-state index in [0.29, 0.717) is 23.0 Å². The number of carbonyl (C=O) groups excluding carboxylic acids is 1. The van der Waals surface area contributed by atoms with Crippen LogP contribution in [0.15, 0.2) is 82.2 Å². The third kappa shape index (κ3) is 7.50. The summed E-state index contributed by atoms with van der Waals surface area (Å²) in [5, 5.41) is 3.53. The third-order valence-electron chi connectivity index (χ3n) is 4.74. The Morgan fingerprint density at radius 2 is 1.76 bits per heavy atom. The predicted octanol–water partition coefficient (Wildman–Crippen LogP) is 5.66. The zero-order valence-electron chi connectivity index (χ0n) is 18.0. The van der Waals surface area contributed by atoms with Gasteiger partial charge in [0.2, 0.25) is 5.91 Å². The van der Waals surface area contributed by atoms with Gasteiger partial charge < -0.3 is 5.32 Å². The summed E-state index contributed by atoms with van der Waals surface area (Å²) in [7, 11) is -3.92. The molecule has 1 N–H and O–H groups in total. The van der Waals surface area contributed by atoms with Gasteiger partial charge in [0, 0.05) is 27.5 Å². The molecule has 3 rings (SSSR count). The lowest BCUT2D eigenvalue weighted by atomic mass is 10.2. The lowest BCUT2D eigenvalue weighted by Gasteiger charge is -2.24. The minimum Gasteiger partial charge on any atom is -0.354 e. The Kier molecular flexibility index (Phi) is 9.26. The van der Waals surface area contributed by atoms with Crippen molar-refractivity contribution in [2.75, 3.05) is 23.1 Å². The number of thioether (sulfide) groups is 1. The maximum Gasteiger partial charge on any atom is 0.264 e. The molecule has 0 fully saturated rings. The largest absolute Gasteiger partial charge is 0.354 e. The van der Waals surface area contributed by atoms with Gasteiger partial charge in [0.05, 0.1) is 10.6 Å². The Balaban J connectivity index is 1.64. The Bertz CT molecular complexity index is 1190. The summed E-state index contributed by atoms with van der Waals surface area (Å²) >= 11 is 11.0. The van der Waals surface area contributed by atoms with E-state index >= 15 is 0 Å². The molecule has 0 aliphatic carbocycles. The molecule has 0 bridgehead atoms.